The molecule has 241 valence electrons. The second-order valence-corrected chi connectivity index (χ2v) is 13.9. The van der Waals surface area contributed by atoms with Gasteiger partial charge in [-0.3, -0.25) is 9.78 Å². The number of benzene rings is 3. The van der Waals surface area contributed by atoms with Gasteiger partial charge in [0.05, 0.1) is 11.3 Å². The molecule has 2 heterocycles. The van der Waals surface area contributed by atoms with E-state index in [1.54, 1.807) is 6.33 Å². The van der Waals surface area contributed by atoms with Crippen molar-refractivity contribution in [1.82, 2.24) is 9.97 Å². The molecule has 0 bridgehead atoms. The van der Waals surface area contributed by atoms with Crippen LogP contribution in [0.2, 0.25) is 0 Å². The van der Waals surface area contributed by atoms with E-state index in [9.17, 15) is 9.90 Å². The van der Waals surface area contributed by atoms with Gasteiger partial charge >= 0.3 is 0 Å². The Bertz CT molecular complexity index is 1780. The molecule has 0 saturated heterocycles. The van der Waals surface area contributed by atoms with Gasteiger partial charge in [0.25, 0.3) is 0 Å². The van der Waals surface area contributed by atoms with E-state index in [4.69, 9.17) is 0 Å². The summed E-state index contributed by atoms with van der Waals surface area (Å²) in [5.74, 6) is 0.547. The minimum Gasteiger partial charge on any atom is -0.512 e. The summed E-state index contributed by atoms with van der Waals surface area (Å²) in [7, 11) is 0. The van der Waals surface area contributed by atoms with Crippen LogP contribution in [0.3, 0.4) is 0 Å². The van der Waals surface area contributed by atoms with Gasteiger partial charge in [-0.05, 0) is 55.6 Å². The quantitative estimate of drug-likeness (QED) is 0.0916. The number of carbonyl (C=O) groups is 1. The number of aryl methyl sites for hydroxylation is 1. The van der Waals surface area contributed by atoms with Gasteiger partial charge in [-0.25, -0.2) is 4.98 Å². The van der Waals surface area contributed by atoms with Gasteiger partial charge < -0.3 is 5.11 Å². The van der Waals surface area contributed by atoms with E-state index in [0.29, 0.717) is 0 Å². The molecule has 0 aliphatic heterocycles. The first-order chi connectivity index (χ1) is 21.0. The molecule has 5 rings (SSSR count). The van der Waals surface area contributed by atoms with Crippen molar-refractivity contribution >= 4 is 48.2 Å². The van der Waals surface area contributed by atoms with Gasteiger partial charge in [0.2, 0.25) is 0 Å². The molecule has 4 nitrogen and oxygen atoms in total. The van der Waals surface area contributed by atoms with Crippen LogP contribution >= 0.6 is 11.3 Å². The molecule has 0 saturated carbocycles. The van der Waals surface area contributed by atoms with Gasteiger partial charge in [0, 0.05) is 58.5 Å². The fraction of sp³-hybridized carbons (Fsp3) is 0.410. The summed E-state index contributed by atoms with van der Waals surface area (Å²) < 4.78 is 2.47. The van der Waals surface area contributed by atoms with Crippen LogP contribution in [0, 0.1) is 30.2 Å². The third kappa shape index (κ3) is 8.67. The van der Waals surface area contributed by atoms with Crippen molar-refractivity contribution < 1.29 is 30.0 Å². The molecule has 1 radical (unpaired) electrons. The topological polar surface area (TPSA) is 63.1 Å². The van der Waals surface area contributed by atoms with Gasteiger partial charge in [0.15, 0.2) is 5.78 Å². The molecule has 2 aromatic heterocycles. The molecular weight excluding hydrogens is 753 g/mol. The Balaban J connectivity index is 0.000000297. The largest absolute Gasteiger partial charge is 0.512 e. The van der Waals surface area contributed by atoms with Crippen molar-refractivity contribution in [2.75, 3.05) is 0 Å². The summed E-state index contributed by atoms with van der Waals surface area (Å²) in [6.07, 6.45) is 7.66. The van der Waals surface area contributed by atoms with Crippen molar-refractivity contribution in [3.8, 4) is 11.3 Å². The number of aliphatic hydroxyl groups is 1. The molecule has 0 unspecified atom stereocenters. The summed E-state index contributed by atoms with van der Waals surface area (Å²) in [6.45, 7) is 17.2. The smallest absolute Gasteiger partial charge is 0.162 e. The number of rotatable bonds is 9. The van der Waals surface area contributed by atoms with E-state index in [1.807, 2.05) is 39.0 Å². The molecule has 45 heavy (non-hydrogen) atoms. The summed E-state index contributed by atoms with van der Waals surface area (Å²) >= 11 is 1.81. The fourth-order valence-corrected chi connectivity index (χ4v) is 7.08. The number of aliphatic hydroxyl groups excluding tert-OH is 1. The maximum atomic E-state index is 11.7. The normalized spacial score (nSPS) is 12.1. The number of fused-ring (bicyclic) bond motifs is 4. The molecule has 1 N–H and O–H groups in total. The van der Waals surface area contributed by atoms with E-state index in [1.165, 1.54) is 32.7 Å². The number of thiophene rings is 1. The van der Waals surface area contributed by atoms with Gasteiger partial charge in [-0.1, -0.05) is 89.7 Å². The predicted molar refractivity (Wildman–Crippen MR) is 188 cm³/mol. The van der Waals surface area contributed by atoms with E-state index in [2.05, 4.69) is 92.3 Å². The average Bonchev–Trinajstić information content (AvgIpc) is 3.39. The monoisotopic (exact) mass is 800 g/mol. The van der Waals surface area contributed by atoms with E-state index in [0.717, 1.165) is 59.0 Å². The van der Waals surface area contributed by atoms with Crippen molar-refractivity contribution in [3.63, 3.8) is 0 Å². The molecule has 0 amide bonds. The third-order valence-electron chi connectivity index (χ3n) is 8.50. The third-order valence-corrected chi connectivity index (χ3v) is 9.82. The number of ketones is 1. The van der Waals surface area contributed by atoms with Crippen LogP contribution in [0.5, 0.6) is 0 Å². The van der Waals surface area contributed by atoms with Crippen LogP contribution in [-0.4, -0.2) is 20.9 Å². The number of allylic oxidation sites excluding steroid dienone is 2. The molecule has 0 aliphatic rings. The Hall–Kier alpha value is -2.92. The fourth-order valence-electron chi connectivity index (χ4n) is 5.80. The standard InChI is InChI=1S/C26H23N2S.C13H24O2.Ir/c1-16-20(14-26(2,3)4)11-12-21-23-25(29-24(16)21)22(27-15-28-23)19-10-9-17-7-5-6-8-18(17)13-19;1-5-10(6-2)12(14)9-13(15)11(7-3)8-4;/h5-12,15H,14H2,1-4H3;9-11,14H,5-8H2,1-4H3;/q-1;;/b;12-9-;. The minimum atomic E-state index is 0. The molecule has 6 heteroatoms. The number of aromatic nitrogens is 2. The Labute approximate surface area is 286 Å². The van der Waals surface area contributed by atoms with Crippen LogP contribution in [0.25, 0.3) is 42.3 Å². The zero-order valence-corrected chi connectivity index (χ0v) is 31.2. The predicted octanol–water partition coefficient (Wildman–Crippen LogP) is 11.2. The molecule has 0 spiro atoms. The number of hydrogen-bond acceptors (Lipinski definition) is 5. The van der Waals surface area contributed by atoms with Crippen LogP contribution in [-0.2, 0) is 31.3 Å². The number of carbonyl (C=O) groups excluding carboxylic acids is 1. The van der Waals surface area contributed by atoms with Crippen LogP contribution in [0.1, 0.15) is 85.3 Å². The molecular formula is C39H47IrN2O2S-. The second kappa shape index (κ2) is 16.1. The zero-order valence-electron chi connectivity index (χ0n) is 28.0. The van der Waals surface area contributed by atoms with Gasteiger partial charge in [0.1, 0.15) is 6.33 Å². The Morgan fingerprint density at radius 3 is 2.22 bits per heavy atom. The molecule has 0 fully saturated rings. The van der Waals surface area contributed by atoms with Crippen LogP contribution in [0.4, 0.5) is 0 Å². The number of hydrogen-bond donors (Lipinski definition) is 1. The Kier molecular flexibility index (Phi) is 13.1. The second-order valence-electron chi connectivity index (χ2n) is 12.9. The maximum Gasteiger partial charge on any atom is 0.162 e. The van der Waals surface area contributed by atoms with Crippen molar-refractivity contribution in [1.29, 1.82) is 0 Å². The van der Waals surface area contributed by atoms with Crippen LogP contribution < -0.4 is 0 Å². The Morgan fingerprint density at radius 2 is 1.58 bits per heavy atom. The zero-order chi connectivity index (χ0) is 32.0. The molecule has 5 aromatic rings. The van der Waals surface area contributed by atoms with Crippen LogP contribution in [0.15, 0.2) is 66.7 Å². The maximum absolute atomic E-state index is 11.7. The van der Waals surface area contributed by atoms with E-state index < -0.39 is 0 Å². The molecule has 0 aliphatic carbocycles. The van der Waals surface area contributed by atoms with E-state index >= 15 is 0 Å². The Morgan fingerprint density at radius 1 is 0.911 bits per heavy atom. The number of nitrogens with zero attached hydrogens (tertiary/aromatic N) is 2. The minimum absolute atomic E-state index is 0. The van der Waals surface area contributed by atoms with E-state index in [-0.39, 0.29) is 48.9 Å². The SMILES string of the molecule is CCC(CC)C(=O)/C=C(\O)C(CC)CC.Cc1c(CC(C)(C)C)ccc2c1sc1c(-c3[c-]c4ccccc4cc3)ncnc12.[Ir]. The van der Waals surface area contributed by atoms with Crippen molar-refractivity contribution in [2.24, 2.45) is 17.3 Å². The summed E-state index contributed by atoms with van der Waals surface area (Å²) in [6, 6.07) is 20.7. The first kappa shape index (κ1) is 36.5. The van der Waals surface area contributed by atoms with Gasteiger partial charge in [-0.2, -0.15) is 0 Å². The van der Waals surface area contributed by atoms with Gasteiger partial charge in [-0.15, -0.1) is 41.0 Å². The molecule has 0 atom stereocenters. The first-order valence-corrected chi connectivity index (χ1v) is 16.8. The summed E-state index contributed by atoms with van der Waals surface area (Å²) in [5.41, 5.74) is 6.09. The first-order valence-electron chi connectivity index (χ1n) is 16.0. The average molecular weight is 800 g/mol. The summed E-state index contributed by atoms with van der Waals surface area (Å²) in [5, 5.41) is 13.3. The van der Waals surface area contributed by atoms with Crippen molar-refractivity contribution in [2.45, 2.75) is 87.5 Å². The summed E-state index contributed by atoms with van der Waals surface area (Å²) in [4.78, 5) is 21.0. The van der Waals surface area contributed by atoms with Crippen molar-refractivity contribution in [3.05, 3.63) is 83.9 Å². The molecule has 3 aromatic carbocycles.